The van der Waals surface area contributed by atoms with Gasteiger partial charge in [0.05, 0.1) is 6.07 Å². The molecule has 66 valence electrons. The number of hydrogen-bond acceptors (Lipinski definition) is 3. The van der Waals surface area contributed by atoms with Crippen molar-refractivity contribution < 1.29 is 4.52 Å². The summed E-state index contributed by atoms with van der Waals surface area (Å²) in [5.41, 5.74) is 1.30. The molecule has 0 radical (unpaired) electrons. The number of aryl methyl sites for hydroxylation is 1. The van der Waals surface area contributed by atoms with Crippen molar-refractivity contribution >= 4 is 0 Å². The van der Waals surface area contributed by atoms with Gasteiger partial charge in [-0.3, -0.25) is 4.79 Å². The minimum Gasteiger partial charge on any atom is -0.377 e. The molecule has 2 heterocycles. The van der Waals surface area contributed by atoms with Gasteiger partial charge in [-0.25, -0.2) is 4.98 Å². The quantitative estimate of drug-likeness (QED) is 0.713. The molecule has 0 saturated heterocycles. The molecule has 0 aromatic carbocycles. The Morgan fingerprint density at radius 1 is 1.46 bits per heavy atom. The molecular weight excluding hydrogens is 168 g/mol. The van der Waals surface area contributed by atoms with Crippen molar-refractivity contribution in [1.82, 2.24) is 10.1 Å². The first-order chi connectivity index (χ1) is 6.25. The number of H-pyrrole nitrogens is 1. The zero-order valence-electron chi connectivity index (χ0n) is 7.07. The van der Waals surface area contributed by atoms with Gasteiger partial charge < -0.3 is 4.52 Å². The Morgan fingerprint density at radius 2 is 2.31 bits per heavy atom. The number of nitrogens with zero attached hydrogens (tertiary/aromatic N) is 1. The van der Waals surface area contributed by atoms with Crippen LogP contribution in [0.15, 0.2) is 33.6 Å². The monoisotopic (exact) mass is 176 g/mol. The SMILES string of the molecule is Cc1cccc(-c2cc(=O)[nH]o2)n1. The van der Waals surface area contributed by atoms with Gasteiger partial charge in [0.1, 0.15) is 5.69 Å². The molecule has 0 atom stereocenters. The van der Waals surface area contributed by atoms with Gasteiger partial charge in [0.2, 0.25) is 0 Å². The second-order valence-corrected chi connectivity index (χ2v) is 2.74. The number of hydrogen-bond donors (Lipinski definition) is 1. The van der Waals surface area contributed by atoms with Gasteiger partial charge in [0.15, 0.2) is 5.76 Å². The van der Waals surface area contributed by atoms with E-state index in [-0.39, 0.29) is 5.56 Å². The zero-order valence-corrected chi connectivity index (χ0v) is 7.07. The summed E-state index contributed by atoms with van der Waals surface area (Å²) < 4.78 is 4.91. The van der Waals surface area contributed by atoms with Crippen molar-refractivity contribution in [1.29, 1.82) is 0 Å². The third kappa shape index (κ3) is 1.51. The van der Waals surface area contributed by atoms with Crippen LogP contribution < -0.4 is 5.56 Å². The third-order valence-electron chi connectivity index (χ3n) is 1.66. The Morgan fingerprint density at radius 3 is 2.92 bits per heavy atom. The highest BCUT2D eigenvalue weighted by Crippen LogP contribution is 2.13. The molecule has 0 aliphatic carbocycles. The van der Waals surface area contributed by atoms with E-state index in [9.17, 15) is 4.79 Å². The Balaban J connectivity index is 2.52. The van der Waals surface area contributed by atoms with E-state index in [1.807, 2.05) is 19.1 Å². The Kier molecular flexibility index (Phi) is 1.73. The normalized spacial score (nSPS) is 10.2. The molecule has 0 aliphatic heterocycles. The Bertz CT molecular complexity index is 470. The van der Waals surface area contributed by atoms with Gasteiger partial charge in [0, 0.05) is 5.69 Å². The topological polar surface area (TPSA) is 58.9 Å². The lowest BCUT2D eigenvalue weighted by Crippen LogP contribution is -1.92. The van der Waals surface area contributed by atoms with Crippen LogP contribution in [0, 0.1) is 6.92 Å². The molecule has 0 spiro atoms. The molecule has 2 aromatic heterocycles. The largest absolute Gasteiger partial charge is 0.377 e. The average molecular weight is 176 g/mol. The maximum absolute atomic E-state index is 10.8. The second kappa shape index (κ2) is 2.90. The first-order valence-electron chi connectivity index (χ1n) is 3.88. The average Bonchev–Trinajstić information content (AvgIpc) is 2.52. The van der Waals surface area contributed by atoms with Gasteiger partial charge in [-0.1, -0.05) is 6.07 Å². The molecule has 4 heteroatoms. The van der Waals surface area contributed by atoms with Crippen molar-refractivity contribution in [3.8, 4) is 11.5 Å². The molecule has 0 saturated carbocycles. The summed E-state index contributed by atoms with van der Waals surface area (Å²) in [5, 5.41) is 2.22. The molecule has 0 fully saturated rings. The molecule has 0 bridgehead atoms. The van der Waals surface area contributed by atoms with Crippen LogP contribution in [-0.2, 0) is 0 Å². The molecule has 0 amide bonds. The summed E-state index contributed by atoms with van der Waals surface area (Å²) in [6.45, 7) is 1.88. The van der Waals surface area contributed by atoms with E-state index in [0.29, 0.717) is 11.5 Å². The maximum atomic E-state index is 10.8. The van der Waals surface area contributed by atoms with Gasteiger partial charge in [-0.2, -0.15) is 5.16 Å². The van der Waals surface area contributed by atoms with Crippen molar-refractivity contribution in [2.45, 2.75) is 6.92 Å². The standard InChI is InChI=1S/C9H8N2O2/c1-6-3-2-4-7(10-6)8-5-9(12)11-13-8/h2-5H,1H3,(H,11,12). The Hall–Kier alpha value is -1.84. The summed E-state index contributed by atoms with van der Waals surface area (Å²) in [7, 11) is 0. The van der Waals surface area contributed by atoms with E-state index in [0.717, 1.165) is 5.69 Å². The molecule has 13 heavy (non-hydrogen) atoms. The van der Waals surface area contributed by atoms with E-state index < -0.39 is 0 Å². The number of aromatic nitrogens is 2. The minimum absolute atomic E-state index is 0.252. The fourth-order valence-electron chi connectivity index (χ4n) is 1.09. The molecule has 0 aliphatic rings. The second-order valence-electron chi connectivity index (χ2n) is 2.74. The van der Waals surface area contributed by atoms with Crippen LogP contribution >= 0.6 is 0 Å². The predicted molar refractivity (Wildman–Crippen MR) is 47.3 cm³/mol. The highest BCUT2D eigenvalue weighted by molar-refractivity contribution is 5.50. The fraction of sp³-hybridized carbons (Fsp3) is 0.111. The summed E-state index contributed by atoms with van der Waals surface area (Å²) in [5.74, 6) is 0.466. The van der Waals surface area contributed by atoms with Crippen molar-refractivity contribution in [2.75, 3.05) is 0 Å². The molecule has 2 rings (SSSR count). The van der Waals surface area contributed by atoms with Gasteiger partial charge in [-0.15, -0.1) is 0 Å². The lowest BCUT2D eigenvalue weighted by molar-refractivity contribution is 0.424. The van der Waals surface area contributed by atoms with Crippen LogP contribution in [0.4, 0.5) is 0 Å². The first-order valence-corrected chi connectivity index (χ1v) is 3.88. The minimum atomic E-state index is -0.252. The van der Waals surface area contributed by atoms with Crippen LogP contribution in [0.2, 0.25) is 0 Å². The summed E-state index contributed by atoms with van der Waals surface area (Å²) >= 11 is 0. The number of aromatic amines is 1. The molecular formula is C9H8N2O2. The summed E-state index contributed by atoms with van der Waals surface area (Å²) in [6, 6.07) is 6.92. The van der Waals surface area contributed by atoms with Crippen molar-refractivity contribution in [2.24, 2.45) is 0 Å². The van der Waals surface area contributed by atoms with Crippen molar-refractivity contribution in [3.05, 3.63) is 40.3 Å². The van der Waals surface area contributed by atoms with E-state index in [1.54, 1.807) is 6.07 Å². The lowest BCUT2D eigenvalue weighted by Gasteiger charge is -1.94. The predicted octanol–water partition coefficient (Wildman–Crippen LogP) is 1.34. The summed E-state index contributed by atoms with van der Waals surface area (Å²) in [4.78, 5) is 15.0. The smallest absolute Gasteiger partial charge is 0.280 e. The molecule has 2 aromatic rings. The molecule has 4 nitrogen and oxygen atoms in total. The van der Waals surface area contributed by atoms with Crippen LogP contribution in [0.1, 0.15) is 5.69 Å². The highest BCUT2D eigenvalue weighted by Gasteiger charge is 2.03. The van der Waals surface area contributed by atoms with Gasteiger partial charge >= 0.3 is 0 Å². The Labute approximate surface area is 74.2 Å². The molecule has 1 N–H and O–H groups in total. The fourth-order valence-corrected chi connectivity index (χ4v) is 1.09. The van der Waals surface area contributed by atoms with E-state index >= 15 is 0 Å². The highest BCUT2D eigenvalue weighted by atomic mass is 16.5. The van der Waals surface area contributed by atoms with Crippen LogP contribution in [0.25, 0.3) is 11.5 Å². The maximum Gasteiger partial charge on any atom is 0.280 e. The summed E-state index contributed by atoms with van der Waals surface area (Å²) in [6.07, 6.45) is 0. The van der Waals surface area contributed by atoms with Gasteiger partial charge in [-0.05, 0) is 19.1 Å². The number of pyridine rings is 1. The number of nitrogens with one attached hydrogen (secondary N) is 1. The van der Waals surface area contributed by atoms with Crippen LogP contribution in [-0.4, -0.2) is 10.1 Å². The molecule has 0 unspecified atom stereocenters. The van der Waals surface area contributed by atoms with Crippen LogP contribution in [0.5, 0.6) is 0 Å². The number of rotatable bonds is 1. The lowest BCUT2D eigenvalue weighted by atomic mass is 10.2. The first kappa shape index (κ1) is 7.79. The van der Waals surface area contributed by atoms with E-state index in [1.165, 1.54) is 6.07 Å². The zero-order chi connectivity index (χ0) is 9.26. The van der Waals surface area contributed by atoms with Crippen LogP contribution in [0.3, 0.4) is 0 Å². The third-order valence-corrected chi connectivity index (χ3v) is 1.66. The van der Waals surface area contributed by atoms with E-state index in [2.05, 4.69) is 10.1 Å². The van der Waals surface area contributed by atoms with Crippen molar-refractivity contribution in [3.63, 3.8) is 0 Å². The van der Waals surface area contributed by atoms with Gasteiger partial charge in [0.25, 0.3) is 5.56 Å². The van der Waals surface area contributed by atoms with E-state index in [4.69, 9.17) is 4.52 Å².